The molecule has 3 aliphatic rings. The van der Waals surface area contributed by atoms with Crippen molar-refractivity contribution in [2.24, 2.45) is 11.8 Å². The van der Waals surface area contributed by atoms with Crippen LogP contribution in [-0.2, 0) is 11.3 Å². The maximum Gasteiger partial charge on any atom is 0.239 e. The molecule has 3 nitrogen and oxygen atoms in total. The van der Waals surface area contributed by atoms with Crippen molar-refractivity contribution in [3.8, 4) is 0 Å². The second-order valence-electron chi connectivity index (χ2n) is 7.30. The van der Waals surface area contributed by atoms with Gasteiger partial charge >= 0.3 is 0 Å². The number of carbonyl (C=O) groups excluding carboxylic acids is 1. The van der Waals surface area contributed by atoms with E-state index in [2.05, 4.69) is 4.90 Å². The van der Waals surface area contributed by atoms with Gasteiger partial charge in [0.05, 0.1) is 6.04 Å². The third-order valence-electron chi connectivity index (χ3n) is 5.46. The molecule has 5 heteroatoms. The Morgan fingerprint density at radius 2 is 2.00 bits per heavy atom. The topological polar surface area (TPSA) is 23.6 Å². The van der Waals surface area contributed by atoms with Crippen molar-refractivity contribution in [3.63, 3.8) is 0 Å². The summed E-state index contributed by atoms with van der Waals surface area (Å²) in [5.41, 5.74) is 0.469. The summed E-state index contributed by atoms with van der Waals surface area (Å²) < 4.78 is 27.0. The van der Waals surface area contributed by atoms with Crippen LogP contribution in [0.5, 0.6) is 0 Å². The number of nitrogens with zero attached hydrogens (tertiary/aromatic N) is 2. The van der Waals surface area contributed by atoms with E-state index < -0.39 is 11.6 Å². The fourth-order valence-corrected chi connectivity index (χ4v) is 3.96. The second kappa shape index (κ2) is 5.86. The monoisotopic (exact) mass is 320 g/mol. The quantitative estimate of drug-likeness (QED) is 0.852. The van der Waals surface area contributed by atoms with Gasteiger partial charge in [0.25, 0.3) is 0 Å². The van der Waals surface area contributed by atoms with Crippen LogP contribution in [0.1, 0.15) is 31.2 Å². The number of likely N-dealkylation sites (tertiary alicyclic amines) is 2. The Bertz CT molecular complexity index is 617. The summed E-state index contributed by atoms with van der Waals surface area (Å²) in [6.45, 7) is 2.98. The molecule has 124 valence electrons. The first-order valence-corrected chi connectivity index (χ1v) is 8.57. The minimum Gasteiger partial charge on any atom is -0.341 e. The molecule has 0 spiro atoms. The van der Waals surface area contributed by atoms with Gasteiger partial charge in [0, 0.05) is 31.3 Å². The Morgan fingerprint density at radius 1 is 1.17 bits per heavy atom. The van der Waals surface area contributed by atoms with Gasteiger partial charge in [0.1, 0.15) is 11.6 Å². The fraction of sp³-hybridized carbons (Fsp3) is 0.611. The molecule has 2 saturated heterocycles. The number of rotatable bonds is 4. The van der Waals surface area contributed by atoms with E-state index in [0.717, 1.165) is 38.5 Å². The van der Waals surface area contributed by atoms with Gasteiger partial charge in [-0.1, -0.05) is 6.07 Å². The average molecular weight is 320 g/mol. The molecular formula is C18H22F2N2O. The van der Waals surface area contributed by atoms with E-state index in [9.17, 15) is 13.6 Å². The maximum atomic E-state index is 13.9. The SMILES string of the molecule is O=C1[C@H]2C[C@H](CCN2Cc2ccc(F)cc2F)CN1CC1CC1. The van der Waals surface area contributed by atoms with Crippen LogP contribution in [0.2, 0.25) is 0 Å². The molecule has 3 fully saturated rings. The van der Waals surface area contributed by atoms with E-state index in [1.807, 2.05) is 4.90 Å². The molecule has 1 aromatic carbocycles. The number of amides is 1. The number of halogens is 2. The smallest absolute Gasteiger partial charge is 0.239 e. The maximum absolute atomic E-state index is 13.9. The lowest BCUT2D eigenvalue weighted by Crippen LogP contribution is -2.58. The highest BCUT2D eigenvalue weighted by Gasteiger charge is 2.42. The van der Waals surface area contributed by atoms with Crippen LogP contribution in [0.25, 0.3) is 0 Å². The van der Waals surface area contributed by atoms with Gasteiger partial charge < -0.3 is 4.90 Å². The predicted molar refractivity (Wildman–Crippen MR) is 82.6 cm³/mol. The number of benzene rings is 1. The molecule has 2 atom stereocenters. The van der Waals surface area contributed by atoms with Crippen LogP contribution >= 0.6 is 0 Å². The highest BCUT2D eigenvalue weighted by atomic mass is 19.1. The van der Waals surface area contributed by atoms with Gasteiger partial charge in [-0.25, -0.2) is 8.78 Å². The zero-order valence-electron chi connectivity index (χ0n) is 13.2. The molecule has 2 aliphatic heterocycles. The van der Waals surface area contributed by atoms with Gasteiger partial charge in [-0.05, 0) is 50.1 Å². The summed E-state index contributed by atoms with van der Waals surface area (Å²) in [6, 6.07) is 3.56. The fourth-order valence-electron chi connectivity index (χ4n) is 3.96. The first-order valence-electron chi connectivity index (χ1n) is 8.57. The van der Waals surface area contributed by atoms with E-state index in [1.165, 1.54) is 25.0 Å². The van der Waals surface area contributed by atoms with Gasteiger partial charge in [0.2, 0.25) is 5.91 Å². The van der Waals surface area contributed by atoms with Crippen LogP contribution in [0.3, 0.4) is 0 Å². The van der Waals surface area contributed by atoms with E-state index in [-0.39, 0.29) is 11.9 Å². The summed E-state index contributed by atoms with van der Waals surface area (Å²) in [4.78, 5) is 16.9. The summed E-state index contributed by atoms with van der Waals surface area (Å²) in [5, 5.41) is 0. The highest BCUT2D eigenvalue weighted by molar-refractivity contribution is 5.83. The molecule has 1 amide bonds. The summed E-state index contributed by atoms with van der Waals surface area (Å²) in [7, 11) is 0. The Labute approximate surface area is 135 Å². The number of hydrogen-bond acceptors (Lipinski definition) is 2. The van der Waals surface area contributed by atoms with Crippen LogP contribution < -0.4 is 0 Å². The normalized spacial score (nSPS) is 28.3. The molecule has 0 aromatic heterocycles. The van der Waals surface area contributed by atoms with Crippen molar-refractivity contribution < 1.29 is 13.6 Å². The first kappa shape index (κ1) is 15.1. The molecule has 0 radical (unpaired) electrons. The molecule has 0 N–H and O–H groups in total. The molecule has 1 aliphatic carbocycles. The molecule has 4 rings (SSSR count). The molecular weight excluding hydrogens is 298 g/mol. The minimum absolute atomic E-state index is 0.134. The predicted octanol–water partition coefficient (Wildman–Crippen LogP) is 2.80. The van der Waals surface area contributed by atoms with Crippen LogP contribution in [0.4, 0.5) is 8.78 Å². The number of piperidine rings is 2. The highest BCUT2D eigenvalue weighted by Crippen LogP contribution is 2.35. The van der Waals surface area contributed by atoms with Gasteiger partial charge in [-0.3, -0.25) is 9.69 Å². The number of fused-ring (bicyclic) bond motifs is 2. The summed E-state index contributed by atoms with van der Waals surface area (Å²) >= 11 is 0. The molecule has 1 aromatic rings. The Hall–Kier alpha value is -1.49. The van der Waals surface area contributed by atoms with Crippen LogP contribution in [-0.4, -0.2) is 41.4 Å². The summed E-state index contributed by atoms with van der Waals surface area (Å²) in [5.74, 6) is 0.390. The third kappa shape index (κ3) is 3.11. The first-order chi connectivity index (χ1) is 11.1. The van der Waals surface area contributed by atoms with Crippen molar-refractivity contribution in [2.45, 2.75) is 38.3 Å². The van der Waals surface area contributed by atoms with Crippen molar-refractivity contribution in [2.75, 3.05) is 19.6 Å². The van der Waals surface area contributed by atoms with Crippen LogP contribution in [0.15, 0.2) is 18.2 Å². The van der Waals surface area contributed by atoms with E-state index >= 15 is 0 Å². The van der Waals surface area contributed by atoms with Crippen molar-refractivity contribution in [1.29, 1.82) is 0 Å². The molecule has 2 bridgehead atoms. The molecule has 0 unspecified atom stereocenters. The van der Waals surface area contributed by atoms with Crippen molar-refractivity contribution in [1.82, 2.24) is 9.80 Å². The number of hydrogen-bond donors (Lipinski definition) is 0. The third-order valence-corrected chi connectivity index (χ3v) is 5.46. The Balaban J connectivity index is 1.49. The van der Waals surface area contributed by atoms with E-state index in [1.54, 1.807) is 0 Å². The van der Waals surface area contributed by atoms with Gasteiger partial charge in [-0.15, -0.1) is 0 Å². The van der Waals surface area contributed by atoms with E-state index in [0.29, 0.717) is 23.9 Å². The Morgan fingerprint density at radius 3 is 2.74 bits per heavy atom. The summed E-state index contributed by atoms with van der Waals surface area (Å²) in [6.07, 6.45) is 4.41. The standard InChI is InChI=1S/C18H22F2N2O/c19-15-4-3-14(16(20)8-15)11-21-6-5-13-7-17(21)18(23)22(10-13)9-12-1-2-12/h3-4,8,12-13,17H,1-2,5-7,9-11H2/t13-,17+/m0/s1. The van der Waals surface area contributed by atoms with Crippen molar-refractivity contribution in [3.05, 3.63) is 35.4 Å². The number of carbonyl (C=O) groups is 1. The van der Waals surface area contributed by atoms with Crippen LogP contribution in [0, 0.1) is 23.5 Å². The molecule has 2 heterocycles. The van der Waals surface area contributed by atoms with Gasteiger partial charge in [-0.2, -0.15) is 0 Å². The molecule has 23 heavy (non-hydrogen) atoms. The van der Waals surface area contributed by atoms with Gasteiger partial charge in [0.15, 0.2) is 0 Å². The zero-order chi connectivity index (χ0) is 16.0. The minimum atomic E-state index is -0.561. The largest absolute Gasteiger partial charge is 0.341 e. The second-order valence-corrected chi connectivity index (χ2v) is 7.30. The lowest BCUT2D eigenvalue weighted by atomic mass is 9.85. The zero-order valence-corrected chi connectivity index (χ0v) is 13.2. The molecule has 1 saturated carbocycles. The lowest BCUT2D eigenvalue weighted by Gasteiger charge is -2.46. The van der Waals surface area contributed by atoms with E-state index in [4.69, 9.17) is 0 Å². The van der Waals surface area contributed by atoms with Crippen molar-refractivity contribution >= 4 is 5.91 Å². The Kier molecular flexibility index (Phi) is 3.84. The average Bonchev–Trinajstić information content (AvgIpc) is 3.33. The lowest BCUT2D eigenvalue weighted by molar-refractivity contribution is -0.146.